The van der Waals surface area contributed by atoms with E-state index in [0.29, 0.717) is 0 Å². The molecule has 1 N–H and O–H groups in total. The number of nitrogens with one attached hydrogen (secondary N) is 1. The van der Waals surface area contributed by atoms with Gasteiger partial charge >= 0.3 is 0 Å². The van der Waals surface area contributed by atoms with Crippen molar-refractivity contribution in [3.63, 3.8) is 0 Å². The largest absolute Gasteiger partial charge is 0.458 e. The summed E-state index contributed by atoms with van der Waals surface area (Å²) in [7, 11) is 0. The van der Waals surface area contributed by atoms with E-state index in [1.807, 2.05) is 0 Å². The van der Waals surface area contributed by atoms with Crippen LogP contribution in [-0.2, 0) is 0 Å². The van der Waals surface area contributed by atoms with Crippen molar-refractivity contribution in [2.24, 2.45) is 0 Å². The van der Waals surface area contributed by atoms with Crippen LogP contribution in [0.1, 0.15) is 16.7 Å². The molecule has 0 amide bonds. The van der Waals surface area contributed by atoms with Crippen LogP contribution in [0.5, 0.6) is 46.0 Å². The molecule has 0 saturated carbocycles. The van der Waals surface area contributed by atoms with E-state index in [9.17, 15) is 0 Å². The number of fused-ring (bicyclic) bond motifs is 21. The topological polar surface area (TPSA) is 67.0 Å². The van der Waals surface area contributed by atoms with E-state index in [2.05, 4.69) is 312 Å². The summed E-state index contributed by atoms with van der Waals surface area (Å²) in [6, 6.07) is 97.6. The van der Waals surface area contributed by atoms with Gasteiger partial charge < -0.3 is 42.9 Å². The van der Waals surface area contributed by atoms with Crippen molar-refractivity contribution in [1.29, 1.82) is 0 Å². The van der Waals surface area contributed by atoms with Gasteiger partial charge in [0.2, 0.25) is 0 Å². The van der Waals surface area contributed by atoms with E-state index in [-0.39, 0.29) is 20.1 Å². The standard InChI is InChI=1S/C87H54B3N5O4/c1-48-36-49(2)87(50(3)37-48)95-74-47-79-65(45-63(74)89-61-27-11-19-35-77(61)97-81-41-52(39-75(95)85(81)89)93-70-30-14-6-22-56(70)57-23-7-15-31-71(57)93)90-64-44-62-66(46-78(64)98-82-42-53(43-83(99-79)86(82)90)94-72-32-16-8-24-58(72)59-25-9-17-33-73(59)94)91-67-38-51(40-80-84(67)88(62)60-26-10-18-34-76(60)96-80)92-68-28-12-4-20-54(68)55-21-5-13-29-69(55)92/h4-47,91H,1-3H3. The van der Waals surface area contributed by atoms with Crippen LogP contribution in [0, 0.1) is 20.8 Å². The first-order chi connectivity index (χ1) is 48.8. The molecule has 9 nitrogen and oxygen atoms in total. The van der Waals surface area contributed by atoms with Gasteiger partial charge in [-0.05, 0) is 136 Å². The lowest BCUT2D eigenvalue weighted by Crippen LogP contribution is -2.64. The van der Waals surface area contributed by atoms with Crippen molar-refractivity contribution in [2.75, 3.05) is 10.2 Å². The summed E-state index contributed by atoms with van der Waals surface area (Å²) in [5.74, 6) is 6.43. The van der Waals surface area contributed by atoms with Gasteiger partial charge in [-0.2, -0.15) is 0 Å². The van der Waals surface area contributed by atoms with Gasteiger partial charge in [0.15, 0.2) is 0 Å². The summed E-state index contributed by atoms with van der Waals surface area (Å²) in [5.41, 5.74) is 28.4. The van der Waals surface area contributed by atoms with Crippen LogP contribution >= 0.6 is 0 Å². The quantitative estimate of drug-likeness (QED) is 0.177. The van der Waals surface area contributed by atoms with Gasteiger partial charge in [0.1, 0.15) is 46.0 Å². The van der Waals surface area contributed by atoms with E-state index < -0.39 is 0 Å². The molecule has 460 valence electrons. The Kier molecular flexibility index (Phi) is 10.5. The van der Waals surface area contributed by atoms with Gasteiger partial charge in [0, 0.05) is 96.9 Å². The zero-order valence-corrected chi connectivity index (χ0v) is 54.1. The summed E-state index contributed by atoms with van der Waals surface area (Å²) in [6.45, 7) is 5.99. The normalized spacial score (nSPS) is 13.7. The van der Waals surface area contributed by atoms with E-state index in [1.54, 1.807) is 0 Å². The van der Waals surface area contributed by atoms with Crippen molar-refractivity contribution in [2.45, 2.75) is 20.8 Å². The van der Waals surface area contributed by atoms with Crippen molar-refractivity contribution in [3.05, 3.63) is 284 Å². The minimum absolute atomic E-state index is 0.175. The number of para-hydroxylation sites is 8. The molecule has 0 radical (unpaired) electrons. The maximum absolute atomic E-state index is 7.76. The molecule has 6 aliphatic rings. The molecule has 99 heavy (non-hydrogen) atoms. The Labute approximate surface area is 570 Å². The number of ether oxygens (including phenoxy) is 4. The van der Waals surface area contributed by atoms with Crippen molar-refractivity contribution in [3.8, 4) is 63.1 Å². The number of anilines is 5. The zero-order chi connectivity index (χ0) is 64.8. The molecule has 0 aliphatic carbocycles. The van der Waals surface area contributed by atoms with Gasteiger partial charge in [0.25, 0.3) is 20.1 Å². The molecular formula is C87H54B3N5O4. The SMILES string of the molecule is Cc1cc(C)c(N2c3cc4c(cc3B3c5ccccc5Oc5cc(-n6c7ccccc7c7ccccc76)cc2c53)B2c3cc5c(cc3Oc3cc(-n6c7ccccc7c7ccccc76)cc(c32)O4)Nc2cc(-n3c4ccccc4c4ccccc43)cc3c2B5c2ccccc2O3)c(C)c1. The fraction of sp³-hybridized carbons (Fsp3) is 0.0345. The number of nitrogens with zero attached hydrogens (tertiary/aromatic N) is 4. The van der Waals surface area contributed by atoms with Gasteiger partial charge in [-0.25, -0.2) is 0 Å². The van der Waals surface area contributed by atoms with Crippen LogP contribution in [0.2, 0.25) is 0 Å². The summed E-state index contributed by atoms with van der Waals surface area (Å²) in [5, 5.41) is 11.2. The van der Waals surface area contributed by atoms with Crippen molar-refractivity contribution < 1.29 is 18.9 Å². The maximum atomic E-state index is 7.76. The first-order valence-corrected chi connectivity index (χ1v) is 34.2. The summed E-state index contributed by atoms with van der Waals surface area (Å²) in [4.78, 5) is 2.53. The lowest BCUT2D eigenvalue weighted by atomic mass is 9.30. The minimum atomic E-state index is -0.330. The number of aryl methyl sites for hydroxylation is 3. The predicted molar refractivity (Wildman–Crippen MR) is 408 cm³/mol. The highest BCUT2D eigenvalue weighted by atomic mass is 16.5. The van der Waals surface area contributed by atoms with Crippen LogP contribution in [0.15, 0.2) is 267 Å². The van der Waals surface area contributed by atoms with Crippen LogP contribution in [0.4, 0.5) is 28.4 Å². The molecule has 14 aromatic carbocycles. The second-order valence-electron chi connectivity index (χ2n) is 27.7. The molecule has 0 unspecified atom stereocenters. The highest BCUT2D eigenvalue weighted by Crippen LogP contribution is 2.49. The Morgan fingerprint density at radius 2 is 0.646 bits per heavy atom. The fourth-order valence-corrected chi connectivity index (χ4v) is 18.5. The number of benzene rings is 14. The second kappa shape index (κ2) is 19.4. The zero-order valence-electron chi connectivity index (χ0n) is 54.1. The average molecular weight is 1270 g/mol. The van der Waals surface area contributed by atoms with Crippen LogP contribution in [0.25, 0.3) is 82.5 Å². The average Bonchev–Trinajstić information content (AvgIpc) is 1.21. The monoisotopic (exact) mass is 1270 g/mol. The predicted octanol–water partition coefficient (Wildman–Crippen LogP) is 15.7. The van der Waals surface area contributed by atoms with Crippen molar-refractivity contribution in [1.82, 2.24) is 13.7 Å². The smallest absolute Gasteiger partial charge is 0.260 e. The third-order valence-electron chi connectivity index (χ3n) is 22.2. The third kappa shape index (κ3) is 7.21. The number of hydrogen-bond donors (Lipinski definition) is 1. The number of hydrogen-bond acceptors (Lipinski definition) is 6. The van der Waals surface area contributed by atoms with E-state index in [1.165, 1.54) is 54.5 Å². The summed E-state index contributed by atoms with van der Waals surface area (Å²) >= 11 is 0. The Bertz CT molecular complexity index is 6400. The molecule has 0 saturated heterocycles. The van der Waals surface area contributed by atoms with Crippen LogP contribution < -0.4 is 78.3 Å². The highest BCUT2D eigenvalue weighted by molar-refractivity contribution is 7.03. The first kappa shape index (κ1) is 53.7. The Hall–Kier alpha value is -12.5. The van der Waals surface area contributed by atoms with Crippen LogP contribution in [0.3, 0.4) is 0 Å². The lowest BCUT2D eigenvalue weighted by Gasteiger charge is -2.43. The molecule has 0 spiro atoms. The molecule has 3 aromatic heterocycles. The van der Waals surface area contributed by atoms with E-state index >= 15 is 0 Å². The Morgan fingerprint density at radius 3 is 1.14 bits per heavy atom. The highest BCUT2D eigenvalue weighted by Gasteiger charge is 2.49. The third-order valence-corrected chi connectivity index (χ3v) is 22.2. The van der Waals surface area contributed by atoms with E-state index in [0.717, 1.165) is 168 Å². The number of aromatic nitrogens is 3. The molecule has 23 rings (SSSR count). The maximum Gasteiger partial charge on any atom is 0.260 e. The minimum Gasteiger partial charge on any atom is -0.458 e. The molecule has 17 aromatic rings. The second-order valence-corrected chi connectivity index (χ2v) is 27.7. The molecule has 6 aliphatic heterocycles. The van der Waals surface area contributed by atoms with Crippen molar-refractivity contribution >= 4 is 163 Å². The molecule has 0 atom stereocenters. The lowest BCUT2D eigenvalue weighted by molar-refractivity contribution is 0.464. The molecule has 12 heteroatoms. The van der Waals surface area contributed by atoms with Gasteiger partial charge in [-0.1, -0.05) is 175 Å². The van der Waals surface area contributed by atoms with E-state index in [4.69, 9.17) is 18.9 Å². The van der Waals surface area contributed by atoms with Gasteiger partial charge in [-0.3, -0.25) is 0 Å². The number of rotatable bonds is 4. The summed E-state index contributed by atoms with van der Waals surface area (Å²) in [6.07, 6.45) is 0. The molecular weight excluding hydrogens is 1210 g/mol. The Morgan fingerprint density at radius 1 is 0.273 bits per heavy atom. The fourth-order valence-electron chi connectivity index (χ4n) is 18.5. The summed E-state index contributed by atoms with van der Waals surface area (Å²) < 4.78 is 37.0. The van der Waals surface area contributed by atoms with Gasteiger partial charge in [-0.15, -0.1) is 0 Å². The molecule has 9 heterocycles. The molecule has 0 fully saturated rings. The van der Waals surface area contributed by atoms with Gasteiger partial charge in [0.05, 0.1) is 55.8 Å². The molecule has 0 bridgehead atoms. The van der Waals surface area contributed by atoms with Crippen LogP contribution in [-0.4, -0.2) is 33.8 Å². The first-order valence-electron chi connectivity index (χ1n) is 34.2. The Balaban J connectivity index is 0.782.